The summed E-state index contributed by atoms with van der Waals surface area (Å²) in [6, 6.07) is 0.291. The highest BCUT2D eigenvalue weighted by Crippen LogP contribution is 2.29. The lowest BCUT2D eigenvalue weighted by Crippen LogP contribution is -2.38. The first-order chi connectivity index (χ1) is 9.58. The number of hydrogen-bond acceptors (Lipinski definition) is 3. The van der Waals surface area contributed by atoms with Gasteiger partial charge in [-0.25, -0.2) is 0 Å². The van der Waals surface area contributed by atoms with Gasteiger partial charge in [0.05, 0.1) is 5.92 Å². The van der Waals surface area contributed by atoms with Gasteiger partial charge in [0.1, 0.15) is 0 Å². The van der Waals surface area contributed by atoms with Gasteiger partial charge >= 0.3 is 5.97 Å². The van der Waals surface area contributed by atoms with Gasteiger partial charge in [-0.05, 0) is 38.0 Å². The molecule has 1 N–H and O–H groups in total. The zero-order chi connectivity index (χ0) is 14.5. The fourth-order valence-electron chi connectivity index (χ4n) is 2.72. The van der Waals surface area contributed by atoms with Crippen LogP contribution in [0.4, 0.5) is 0 Å². The number of aliphatic carboxylic acids is 1. The predicted octanol–water partition coefficient (Wildman–Crippen LogP) is 1.90. The molecule has 1 aliphatic carbocycles. The SMILES string of the molecule is CC(CN(C(=O)CCC1CCOCC1)C1CC1)C(=O)O. The van der Waals surface area contributed by atoms with E-state index in [1.165, 1.54) is 0 Å². The van der Waals surface area contributed by atoms with Gasteiger partial charge in [0.25, 0.3) is 0 Å². The molecular weight excluding hydrogens is 258 g/mol. The molecule has 5 nitrogen and oxygen atoms in total. The Balaban J connectivity index is 1.79. The smallest absolute Gasteiger partial charge is 0.308 e. The molecule has 1 unspecified atom stereocenters. The van der Waals surface area contributed by atoms with E-state index in [0.717, 1.165) is 45.3 Å². The van der Waals surface area contributed by atoms with Gasteiger partial charge in [0.15, 0.2) is 0 Å². The van der Waals surface area contributed by atoms with Gasteiger partial charge in [0.2, 0.25) is 5.91 Å². The van der Waals surface area contributed by atoms with Crippen LogP contribution in [0.5, 0.6) is 0 Å². The molecule has 20 heavy (non-hydrogen) atoms. The van der Waals surface area contributed by atoms with Crippen molar-refractivity contribution in [3.05, 3.63) is 0 Å². The summed E-state index contributed by atoms with van der Waals surface area (Å²) >= 11 is 0. The zero-order valence-corrected chi connectivity index (χ0v) is 12.2. The van der Waals surface area contributed by atoms with E-state index in [0.29, 0.717) is 24.9 Å². The number of carbonyl (C=O) groups is 2. The topological polar surface area (TPSA) is 66.8 Å². The summed E-state index contributed by atoms with van der Waals surface area (Å²) < 4.78 is 5.32. The van der Waals surface area contributed by atoms with Crippen molar-refractivity contribution in [1.29, 1.82) is 0 Å². The minimum absolute atomic E-state index is 0.132. The number of nitrogens with zero attached hydrogens (tertiary/aromatic N) is 1. The van der Waals surface area contributed by atoms with E-state index in [9.17, 15) is 9.59 Å². The van der Waals surface area contributed by atoms with Gasteiger partial charge in [-0.2, -0.15) is 0 Å². The van der Waals surface area contributed by atoms with E-state index >= 15 is 0 Å². The van der Waals surface area contributed by atoms with Crippen molar-refractivity contribution in [2.75, 3.05) is 19.8 Å². The Kier molecular flexibility index (Phi) is 5.40. The van der Waals surface area contributed by atoms with Crippen molar-refractivity contribution < 1.29 is 19.4 Å². The van der Waals surface area contributed by atoms with E-state index in [-0.39, 0.29) is 5.91 Å². The van der Waals surface area contributed by atoms with E-state index in [4.69, 9.17) is 9.84 Å². The van der Waals surface area contributed by atoms with Crippen LogP contribution in [0, 0.1) is 11.8 Å². The van der Waals surface area contributed by atoms with Gasteiger partial charge in [0, 0.05) is 32.2 Å². The molecule has 1 saturated carbocycles. The molecule has 114 valence electrons. The average molecular weight is 283 g/mol. The second-order valence-electron chi connectivity index (χ2n) is 6.11. The van der Waals surface area contributed by atoms with Crippen LogP contribution >= 0.6 is 0 Å². The molecule has 5 heteroatoms. The predicted molar refractivity (Wildman–Crippen MR) is 74.3 cm³/mol. The number of carboxylic acid groups (broad SMARTS) is 1. The monoisotopic (exact) mass is 283 g/mol. The van der Waals surface area contributed by atoms with Crippen LogP contribution in [-0.4, -0.2) is 47.7 Å². The Hall–Kier alpha value is -1.10. The molecule has 0 bridgehead atoms. The Morgan fingerprint density at radius 2 is 1.90 bits per heavy atom. The molecule has 0 aromatic heterocycles. The van der Waals surface area contributed by atoms with Crippen molar-refractivity contribution in [2.45, 2.75) is 51.5 Å². The lowest BCUT2D eigenvalue weighted by atomic mass is 9.94. The highest BCUT2D eigenvalue weighted by Gasteiger charge is 2.34. The maximum Gasteiger partial charge on any atom is 0.308 e. The molecule has 0 aromatic carbocycles. The van der Waals surface area contributed by atoms with Crippen LogP contribution in [0.1, 0.15) is 45.4 Å². The first-order valence-corrected chi connectivity index (χ1v) is 7.68. The van der Waals surface area contributed by atoms with Gasteiger partial charge in [-0.3, -0.25) is 9.59 Å². The van der Waals surface area contributed by atoms with E-state index in [2.05, 4.69) is 0 Å². The van der Waals surface area contributed by atoms with E-state index in [1.807, 2.05) is 0 Å². The quantitative estimate of drug-likeness (QED) is 0.775. The van der Waals surface area contributed by atoms with Crippen LogP contribution in [0.15, 0.2) is 0 Å². The normalized spacial score (nSPS) is 21.4. The first-order valence-electron chi connectivity index (χ1n) is 7.68. The first kappa shape index (κ1) is 15.3. The molecule has 0 radical (unpaired) electrons. The maximum absolute atomic E-state index is 12.3. The van der Waals surface area contributed by atoms with Crippen molar-refractivity contribution in [3.8, 4) is 0 Å². The number of rotatable bonds is 7. The molecule has 1 aliphatic heterocycles. The number of carbonyl (C=O) groups excluding carboxylic acids is 1. The maximum atomic E-state index is 12.3. The molecule has 1 amide bonds. The highest BCUT2D eigenvalue weighted by atomic mass is 16.5. The number of amides is 1. The Morgan fingerprint density at radius 3 is 2.45 bits per heavy atom. The summed E-state index contributed by atoms with van der Waals surface area (Å²) in [6.45, 7) is 3.64. The van der Waals surface area contributed by atoms with Gasteiger partial charge in [-0.1, -0.05) is 6.92 Å². The fraction of sp³-hybridized carbons (Fsp3) is 0.867. The van der Waals surface area contributed by atoms with Gasteiger partial charge < -0.3 is 14.7 Å². The molecule has 0 aromatic rings. The molecule has 2 aliphatic rings. The number of carboxylic acids is 1. The Morgan fingerprint density at radius 1 is 1.25 bits per heavy atom. The molecule has 2 fully saturated rings. The number of hydrogen-bond donors (Lipinski definition) is 1. The third kappa shape index (κ3) is 4.47. The number of ether oxygens (including phenoxy) is 1. The van der Waals surface area contributed by atoms with Crippen LogP contribution in [-0.2, 0) is 14.3 Å². The lowest BCUT2D eigenvalue weighted by molar-refractivity contribution is -0.143. The Labute approximate surface area is 120 Å². The summed E-state index contributed by atoms with van der Waals surface area (Å²) in [5.74, 6) is -0.590. The summed E-state index contributed by atoms with van der Waals surface area (Å²) in [4.78, 5) is 25.1. The molecule has 1 atom stereocenters. The summed E-state index contributed by atoms with van der Waals surface area (Å²) in [6.07, 6.45) is 5.59. The van der Waals surface area contributed by atoms with Crippen LogP contribution in [0.3, 0.4) is 0 Å². The highest BCUT2D eigenvalue weighted by molar-refractivity contribution is 5.78. The van der Waals surface area contributed by atoms with Crippen molar-refractivity contribution in [3.63, 3.8) is 0 Å². The lowest BCUT2D eigenvalue weighted by Gasteiger charge is -2.26. The molecule has 0 spiro atoms. The van der Waals surface area contributed by atoms with Crippen LogP contribution in [0.2, 0.25) is 0 Å². The third-order valence-electron chi connectivity index (χ3n) is 4.31. The van der Waals surface area contributed by atoms with Crippen molar-refractivity contribution in [1.82, 2.24) is 4.90 Å². The average Bonchev–Trinajstić information content (AvgIpc) is 3.27. The van der Waals surface area contributed by atoms with Crippen molar-refractivity contribution in [2.24, 2.45) is 11.8 Å². The largest absolute Gasteiger partial charge is 0.481 e. The zero-order valence-electron chi connectivity index (χ0n) is 12.2. The van der Waals surface area contributed by atoms with E-state index < -0.39 is 11.9 Å². The second kappa shape index (κ2) is 7.07. The molecular formula is C15H25NO4. The molecule has 1 heterocycles. The fourth-order valence-corrected chi connectivity index (χ4v) is 2.72. The van der Waals surface area contributed by atoms with Crippen molar-refractivity contribution >= 4 is 11.9 Å². The summed E-state index contributed by atoms with van der Waals surface area (Å²) in [5, 5.41) is 9.00. The van der Waals surface area contributed by atoms with Crippen LogP contribution < -0.4 is 0 Å². The molecule has 2 rings (SSSR count). The third-order valence-corrected chi connectivity index (χ3v) is 4.31. The summed E-state index contributed by atoms with van der Waals surface area (Å²) in [7, 11) is 0. The standard InChI is InChI=1S/C15H25NO4/c1-11(15(18)19)10-16(13-3-4-13)14(17)5-2-12-6-8-20-9-7-12/h11-13H,2-10H2,1H3,(H,18,19). The Bertz CT molecular complexity index is 348. The molecule has 1 saturated heterocycles. The van der Waals surface area contributed by atoms with E-state index in [1.54, 1.807) is 11.8 Å². The minimum Gasteiger partial charge on any atom is -0.481 e. The minimum atomic E-state index is -0.826. The summed E-state index contributed by atoms with van der Waals surface area (Å²) in [5.41, 5.74) is 0. The van der Waals surface area contributed by atoms with Gasteiger partial charge in [-0.15, -0.1) is 0 Å². The second-order valence-corrected chi connectivity index (χ2v) is 6.11. The van der Waals surface area contributed by atoms with Crippen LogP contribution in [0.25, 0.3) is 0 Å².